The molecule has 0 aliphatic heterocycles. The van der Waals surface area contributed by atoms with E-state index in [1.54, 1.807) is 12.1 Å². The second kappa shape index (κ2) is 27.6. The summed E-state index contributed by atoms with van der Waals surface area (Å²) in [4.78, 5) is 0. The summed E-state index contributed by atoms with van der Waals surface area (Å²) in [5.74, 6) is 0.467. The van der Waals surface area contributed by atoms with Crippen LogP contribution in [0, 0.1) is 7.14 Å². The van der Waals surface area contributed by atoms with Crippen LogP contribution in [0.25, 0.3) is 0 Å². The van der Waals surface area contributed by atoms with Crippen LogP contribution in [0.5, 0.6) is 0 Å². The third-order valence-corrected chi connectivity index (χ3v) is 16.7. The average molecular weight is 1490 g/mol. The lowest BCUT2D eigenvalue weighted by atomic mass is 9.78. The highest BCUT2D eigenvalue weighted by atomic mass is 127. The lowest BCUT2D eigenvalue weighted by Gasteiger charge is -2.27. The number of hydrogen-bond acceptors (Lipinski definition) is 0. The van der Waals surface area contributed by atoms with E-state index in [9.17, 15) is 0 Å². The van der Waals surface area contributed by atoms with Crippen molar-refractivity contribution in [3.05, 3.63) is 270 Å². The average Bonchev–Trinajstić information content (AvgIpc) is 3.28. The van der Waals surface area contributed by atoms with Crippen molar-refractivity contribution in [2.45, 2.75) is 44.9 Å². The Kier molecular flexibility index (Phi) is 23.4. The van der Waals surface area contributed by atoms with Gasteiger partial charge in [0.05, 0.1) is 0 Å². The summed E-state index contributed by atoms with van der Waals surface area (Å²) in [5.41, 5.74) is 9.21. The molecule has 8 aromatic carbocycles. The smallest absolute Gasteiger partial charge is 0.0441 e. The second-order valence-corrected chi connectivity index (χ2v) is 24.2. The quantitative estimate of drug-likeness (QED) is 0.133. The fourth-order valence-corrected chi connectivity index (χ4v) is 11.5. The van der Waals surface area contributed by atoms with Crippen LogP contribution in [0.15, 0.2) is 188 Å². The van der Waals surface area contributed by atoms with E-state index in [1.807, 2.05) is 84.9 Å². The monoisotopic (exact) mass is 1480 g/mol. The highest BCUT2D eigenvalue weighted by molar-refractivity contribution is 14.1. The van der Waals surface area contributed by atoms with E-state index in [-0.39, 0.29) is 5.41 Å². The molecule has 0 atom stereocenters. The number of hydrogen-bond donors (Lipinski definition) is 0. The first-order chi connectivity index (χ1) is 31.8. The first kappa shape index (κ1) is 56.8. The fourth-order valence-electron chi connectivity index (χ4n) is 6.76. The molecule has 0 fully saturated rings. The van der Waals surface area contributed by atoms with Crippen LogP contribution in [0.1, 0.15) is 71.2 Å². The summed E-state index contributed by atoms with van der Waals surface area (Å²) in [6.45, 7) is 6.42. The van der Waals surface area contributed by atoms with Gasteiger partial charge in [0.25, 0.3) is 0 Å². The van der Waals surface area contributed by atoms with Crippen molar-refractivity contribution in [3.8, 4) is 0 Å². The van der Waals surface area contributed by atoms with Crippen molar-refractivity contribution < 1.29 is 0 Å². The van der Waals surface area contributed by atoms with Gasteiger partial charge in [-0.3, -0.25) is 0 Å². The lowest BCUT2D eigenvalue weighted by molar-refractivity contribution is 0.641. The molecule has 0 aliphatic rings. The molecule has 0 radical (unpaired) electrons. The van der Waals surface area contributed by atoms with Gasteiger partial charge in [-0.25, -0.2) is 0 Å². The van der Waals surface area contributed by atoms with E-state index in [2.05, 4.69) is 202 Å². The molecule has 8 aromatic rings. The third-order valence-electron chi connectivity index (χ3n) is 10.7. The Balaban J connectivity index is 0.000000168. The zero-order valence-corrected chi connectivity index (χ0v) is 51.4. The SMILES string of the molecule is Brc1cccc(Br)c1Cc1c(Br)cccc1Br.CC(C)(c1cc(Cl)cc(Cl)c1)c1cc(Cl)cc(Cl)c1.CC(c1ccc(I)cc1)c1ccc(I)cc1.Clc1ccccc1Cc1ccccc1Cl. The van der Waals surface area contributed by atoms with Crippen molar-refractivity contribution in [1.29, 1.82) is 0 Å². The van der Waals surface area contributed by atoms with Gasteiger partial charge in [0.2, 0.25) is 0 Å². The molecule has 0 heterocycles. The van der Waals surface area contributed by atoms with Crippen LogP contribution in [-0.4, -0.2) is 0 Å². The molecule has 0 spiro atoms. The Labute approximate surface area is 486 Å². The van der Waals surface area contributed by atoms with Gasteiger partial charge in [0, 0.05) is 79.3 Å². The van der Waals surface area contributed by atoms with E-state index < -0.39 is 0 Å². The first-order valence-corrected chi connectivity index (χ1v) is 28.2. The second-order valence-electron chi connectivity index (χ2n) is 15.7. The van der Waals surface area contributed by atoms with Gasteiger partial charge in [-0.05, 0) is 187 Å². The van der Waals surface area contributed by atoms with Crippen LogP contribution in [0.2, 0.25) is 30.1 Å². The van der Waals surface area contributed by atoms with Crippen molar-refractivity contribution in [1.82, 2.24) is 0 Å². The van der Waals surface area contributed by atoms with Crippen molar-refractivity contribution in [2.24, 2.45) is 0 Å². The standard InChI is InChI=1S/C15H12Cl4.C14H12I2.C13H8Br4.C13H10Cl2/c1-15(2,9-3-11(16)7-12(17)4-9)10-5-13(18)8-14(19)6-10;1-10(11-2-6-13(15)7-3-11)12-4-8-14(16)9-5-12;14-10-3-1-4-11(15)8(10)7-9-12(16)5-2-6-13(9)17;14-12-7-3-1-5-10(12)9-11-6-2-4-8-13(11)15/h3-8H,1-2H3;2-10H,1H3;1-6H,7H2;1-8H,9H2. The molecule has 0 N–H and O–H groups in total. The topological polar surface area (TPSA) is 0 Å². The number of benzene rings is 8. The predicted molar refractivity (Wildman–Crippen MR) is 323 cm³/mol. The molecule has 0 aromatic heterocycles. The van der Waals surface area contributed by atoms with E-state index in [0.717, 1.165) is 63.0 Å². The first-order valence-electron chi connectivity index (χ1n) is 20.6. The Morgan fingerprint density at radius 3 is 1.04 bits per heavy atom. The maximum absolute atomic E-state index is 6.08. The number of rotatable bonds is 8. The summed E-state index contributed by atoms with van der Waals surface area (Å²) >= 11 is 55.5. The zero-order valence-electron chi connectivity index (χ0n) is 36.2. The maximum Gasteiger partial charge on any atom is 0.0441 e. The van der Waals surface area contributed by atoms with Gasteiger partial charge in [0.1, 0.15) is 0 Å². The molecular formula is C55H42Br4Cl6I2. The summed E-state index contributed by atoms with van der Waals surface area (Å²) in [6, 6.07) is 56.5. The molecule has 12 heteroatoms. The minimum absolute atomic E-state index is 0.289. The molecule has 0 saturated carbocycles. The summed E-state index contributed by atoms with van der Waals surface area (Å²) in [5, 5.41) is 4.04. The predicted octanol–water partition coefficient (Wildman–Crippen LogP) is 22.6. The van der Waals surface area contributed by atoms with E-state index in [4.69, 9.17) is 69.6 Å². The van der Waals surface area contributed by atoms with Crippen LogP contribution in [0.3, 0.4) is 0 Å². The molecule has 0 amide bonds. The van der Waals surface area contributed by atoms with Gasteiger partial charge in [-0.1, -0.05) is 227 Å². The van der Waals surface area contributed by atoms with E-state index in [0.29, 0.717) is 26.0 Å². The molecule has 0 nitrogen and oxygen atoms in total. The Morgan fingerprint density at radius 1 is 0.418 bits per heavy atom. The third kappa shape index (κ3) is 17.6. The van der Waals surface area contributed by atoms with Crippen LogP contribution < -0.4 is 0 Å². The normalized spacial score (nSPS) is 10.9. The van der Waals surface area contributed by atoms with Crippen LogP contribution in [0.4, 0.5) is 0 Å². The highest BCUT2D eigenvalue weighted by Crippen LogP contribution is 2.38. The van der Waals surface area contributed by atoms with Crippen LogP contribution in [-0.2, 0) is 18.3 Å². The van der Waals surface area contributed by atoms with Gasteiger partial charge >= 0.3 is 0 Å². The van der Waals surface area contributed by atoms with Crippen molar-refractivity contribution in [2.75, 3.05) is 0 Å². The van der Waals surface area contributed by atoms with Crippen molar-refractivity contribution >= 4 is 179 Å². The molecule has 0 saturated heterocycles. The number of halogens is 12. The van der Waals surface area contributed by atoms with Crippen molar-refractivity contribution in [3.63, 3.8) is 0 Å². The summed E-state index contributed by atoms with van der Waals surface area (Å²) in [6.07, 6.45) is 1.64. The Morgan fingerprint density at radius 2 is 0.731 bits per heavy atom. The molecule has 0 unspecified atom stereocenters. The maximum atomic E-state index is 6.08. The zero-order chi connectivity index (χ0) is 48.8. The summed E-state index contributed by atoms with van der Waals surface area (Å²) < 4.78 is 7.06. The minimum atomic E-state index is -0.289. The highest BCUT2D eigenvalue weighted by Gasteiger charge is 2.25. The van der Waals surface area contributed by atoms with Crippen LogP contribution >= 0.6 is 179 Å². The Hall–Kier alpha value is -1.12. The largest absolute Gasteiger partial charge is 0.0843 e. The van der Waals surface area contributed by atoms with E-state index >= 15 is 0 Å². The fraction of sp³-hybridized carbons (Fsp3) is 0.127. The lowest BCUT2D eigenvalue weighted by Crippen LogP contribution is -2.19. The van der Waals surface area contributed by atoms with E-state index in [1.165, 1.54) is 29.4 Å². The van der Waals surface area contributed by atoms with Gasteiger partial charge in [-0.2, -0.15) is 0 Å². The molecule has 67 heavy (non-hydrogen) atoms. The molecule has 0 aliphatic carbocycles. The minimum Gasteiger partial charge on any atom is -0.0843 e. The van der Waals surface area contributed by atoms with Gasteiger partial charge in [-0.15, -0.1) is 0 Å². The Bertz CT molecular complexity index is 2620. The van der Waals surface area contributed by atoms with Gasteiger partial charge < -0.3 is 0 Å². The molecule has 346 valence electrons. The summed E-state index contributed by atoms with van der Waals surface area (Å²) in [7, 11) is 0. The van der Waals surface area contributed by atoms with Gasteiger partial charge in [0.15, 0.2) is 0 Å². The molecule has 8 rings (SSSR count). The molecular weight excluding hydrogens is 1450 g/mol. The molecule has 0 bridgehead atoms.